The molecule has 22 heavy (non-hydrogen) atoms. The molecule has 1 fully saturated rings. The molecule has 0 unspecified atom stereocenters. The van der Waals surface area contributed by atoms with Gasteiger partial charge < -0.3 is 4.74 Å². The van der Waals surface area contributed by atoms with Crippen molar-refractivity contribution in [2.24, 2.45) is 0 Å². The van der Waals surface area contributed by atoms with Gasteiger partial charge in [0.1, 0.15) is 0 Å². The summed E-state index contributed by atoms with van der Waals surface area (Å²) >= 11 is 3.06. The number of hydrogen-bond donors (Lipinski definition) is 0. The van der Waals surface area contributed by atoms with Crippen molar-refractivity contribution in [1.82, 2.24) is 0 Å². The summed E-state index contributed by atoms with van der Waals surface area (Å²) in [5.74, 6) is -0.364. The Morgan fingerprint density at radius 1 is 1.18 bits per heavy atom. The highest BCUT2D eigenvalue weighted by molar-refractivity contribution is 7.12. The van der Waals surface area contributed by atoms with Crippen LogP contribution in [0.15, 0.2) is 35.0 Å². The van der Waals surface area contributed by atoms with Crippen molar-refractivity contribution in [1.29, 1.82) is 0 Å². The minimum absolute atomic E-state index is 0.0428. The molecule has 114 valence electrons. The molecule has 2 aromatic heterocycles. The Morgan fingerprint density at radius 2 is 2.00 bits per heavy atom. The van der Waals surface area contributed by atoms with Gasteiger partial charge in [0.15, 0.2) is 11.9 Å². The van der Waals surface area contributed by atoms with Gasteiger partial charge in [0.25, 0.3) is 0 Å². The Bertz CT molecular complexity index is 669. The second-order valence-corrected chi connectivity index (χ2v) is 7.08. The fourth-order valence-electron chi connectivity index (χ4n) is 2.45. The second kappa shape index (κ2) is 7.03. The van der Waals surface area contributed by atoms with Crippen molar-refractivity contribution in [3.63, 3.8) is 0 Å². The molecule has 0 N–H and O–H groups in total. The van der Waals surface area contributed by atoms with Gasteiger partial charge in [-0.15, -0.1) is 22.7 Å². The molecule has 0 aliphatic heterocycles. The molecule has 5 heteroatoms. The van der Waals surface area contributed by atoms with E-state index in [2.05, 4.69) is 0 Å². The number of ether oxygens (including phenoxy) is 1. The van der Waals surface area contributed by atoms with E-state index in [9.17, 15) is 9.59 Å². The maximum Gasteiger partial charge on any atom is 0.340 e. The van der Waals surface area contributed by atoms with Crippen molar-refractivity contribution in [3.05, 3.63) is 44.8 Å². The number of thiophene rings is 2. The first-order chi connectivity index (χ1) is 10.7. The molecule has 0 radical (unpaired) electrons. The normalized spacial score (nSPS) is 19.2. The van der Waals surface area contributed by atoms with E-state index in [1.807, 2.05) is 41.1 Å². The van der Waals surface area contributed by atoms with Gasteiger partial charge in [-0.05, 0) is 48.2 Å². The van der Waals surface area contributed by atoms with E-state index in [0.29, 0.717) is 18.4 Å². The highest BCUT2D eigenvalue weighted by atomic mass is 32.1. The Balaban J connectivity index is 1.83. The van der Waals surface area contributed by atoms with Crippen LogP contribution in [0.5, 0.6) is 0 Å². The van der Waals surface area contributed by atoms with Crippen LogP contribution in [0, 0.1) is 0 Å². The molecule has 0 aromatic carbocycles. The molecular weight excluding hydrogens is 316 g/mol. The SMILES string of the molecule is O=C(O[C@H]1CCCCC1=O)/C(=C/c1cccs1)c1cccs1. The van der Waals surface area contributed by atoms with E-state index in [4.69, 9.17) is 4.74 Å². The van der Waals surface area contributed by atoms with Gasteiger partial charge in [0.2, 0.25) is 0 Å². The van der Waals surface area contributed by atoms with Crippen LogP contribution >= 0.6 is 22.7 Å². The van der Waals surface area contributed by atoms with E-state index in [1.54, 1.807) is 11.3 Å². The number of hydrogen-bond acceptors (Lipinski definition) is 5. The van der Waals surface area contributed by atoms with Gasteiger partial charge in [0.05, 0.1) is 5.57 Å². The Hall–Kier alpha value is -1.72. The van der Waals surface area contributed by atoms with E-state index in [0.717, 1.165) is 22.6 Å². The van der Waals surface area contributed by atoms with Crippen molar-refractivity contribution >= 4 is 46.1 Å². The third-order valence-electron chi connectivity index (χ3n) is 3.58. The lowest BCUT2D eigenvalue weighted by atomic mass is 9.96. The predicted molar refractivity (Wildman–Crippen MR) is 89.9 cm³/mol. The van der Waals surface area contributed by atoms with Crippen molar-refractivity contribution in [2.45, 2.75) is 31.8 Å². The highest BCUT2D eigenvalue weighted by Gasteiger charge is 2.27. The molecule has 0 amide bonds. The Morgan fingerprint density at radius 3 is 2.68 bits per heavy atom. The van der Waals surface area contributed by atoms with Crippen LogP contribution in [-0.2, 0) is 14.3 Å². The molecular formula is C17H16O3S2. The summed E-state index contributed by atoms with van der Waals surface area (Å²) in [4.78, 5) is 26.3. The molecule has 3 rings (SSSR count). The largest absolute Gasteiger partial charge is 0.451 e. The lowest BCUT2D eigenvalue weighted by molar-refractivity contribution is -0.151. The van der Waals surface area contributed by atoms with E-state index in [-0.39, 0.29) is 5.78 Å². The zero-order valence-electron chi connectivity index (χ0n) is 12.0. The molecule has 2 heterocycles. The summed E-state index contributed by atoms with van der Waals surface area (Å²) in [6.07, 6.45) is 4.25. The molecule has 2 aromatic rings. The Kier molecular flexibility index (Phi) is 4.85. The molecule has 1 aliphatic rings. The van der Waals surface area contributed by atoms with Crippen LogP contribution in [-0.4, -0.2) is 17.9 Å². The molecule has 3 nitrogen and oxygen atoms in total. The minimum atomic E-state index is -0.576. The summed E-state index contributed by atoms with van der Waals surface area (Å²) < 4.78 is 5.49. The van der Waals surface area contributed by atoms with Gasteiger partial charge in [-0.3, -0.25) is 4.79 Å². The topological polar surface area (TPSA) is 43.4 Å². The number of rotatable bonds is 4. The fraction of sp³-hybridized carbons (Fsp3) is 0.294. The average molecular weight is 332 g/mol. The van der Waals surface area contributed by atoms with Crippen LogP contribution in [0.3, 0.4) is 0 Å². The number of carbonyl (C=O) groups is 2. The molecule has 0 saturated heterocycles. The number of carbonyl (C=O) groups excluding carboxylic acids is 2. The predicted octanol–water partition coefficient (Wildman–Crippen LogP) is 4.41. The van der Waals surface area contributed by atoms with Crippen molar-refractivity contribution in [3.8, 4) is 0 Å². The van der Waals surface area contributed by atoms with Gasteiger partial charge in [0, 0.05) is 16.2 Å². The maximum atomic E-state index is 12.6. The molecule has 0 spiro atoms. The van der Waals surface area contributed by atoms with Gasteiger partial charge in [-0.2, -0.15) is 0 Å². The van der Waals surface area contributed by atoms with E-state index >= 15 is 0 Å². The van der Waals surface area contributed by atoms with Crippen molar-refractivity contribution in [2.75, 3.05) is 0 Å². The first-order valence-electron chi connectivity index (χ1n) is 7.27. The fourth-order valence-corrected chi connectivity index (χ4v) is 3.83. The van der Waals surface area contributed by atoms with Gasteiger partial charge in [-0.25, -0.2) is 4.79 Å². The van der Waals surface area contributed by atoms with Crippen molar-refractivity contribution < 1.29 is 14.3 Å². The van der Waals surface area contributed by atoms with E-state index < -0.39 is 12.1 Å². The number of Topliss-reactive ketones (excluding diaryl/α,β-unsaturated/α-hetero) is 1. The molecule has 1 saturated carbocycles. The summed E-state index contributed by atoms with van der Waals surface area (Å²) in [7, 11) is 0. The average Bonchev–Trinajstić information content (AvgIpc) is 3.20. The standard InChI is InChI=1S/C17H16O3S2/c18-14-6-1-2-7-15(14)20-17(19)13(16-8-4-10-22-16)11-12-5-3-9-21-12/h3-5,8-11,15H,1-2,6-7H2/b13-11+/t15-/m0/s1. The zero-order chi connectivity index (χ0) is 15.4. The quantitative estimate of drug-likeness (QED) is 0.615. The lowest BCUT2D eigenvalue weighted by Gasteiger charge is -2.21. The number of esters is 1. The smallest absolute Gasteiger partial charge is 0.340 e. The summed E-state index contributed by atoms with van der Waals surface area (Å²) in [5.41, 5.74) is 0.524. The minimum Gasteiger partial charge on any atom is -0.451 e. The lowest BCUT2D eigenvalue weighted by Crippen LogP contribution is -2.30. The summed E-state index contributed by atoms with van der Waals surface area (Å²) in [6, 6.07) is 7.70. The first-order valence-corrected chi connectivity index (χ1v) is 9.03. The first kappa shape index (κ1) is 15.2. The van der Waals surface area contributed by atoms with Crippen LogP contribution in [0.1, 0.15) is 35.4 Å². The summed E-state index contributed by atoms with van der Waals surface area (Å²) in [5, 5.41) is 3.89. The third-order valence-corrected chi connectivity index (χ3v) is 5.31. The van der Waals surface area contributed by atoms with Crippen LogP contribution in [0.4, 0.5) is 0 Å². The zero-order valence-corrected chi connectivity index (χ0v) is 13.6. The summed E-state index contributed by atoms with van der Waals surface area (Å²) in [6.45, 7) is 0. The molecule has 1 atom stereocenters. The second-order valence-electron chi connectivity index (χ2n) is 5.16. The van der Waals surface area contributed by atoms with Crippen LogP contribution in [0.25, 0.3) is 11.6 Å². The van der Waals surface area contributed by atoms with E-state index in [1.165, 1.54) is 11.3 Å². The third kappa shape index (κ3) is 3.54. The highest BCUT2D eigenvalue weighted by Crippen LogP contribution is 2.27. The Labute approximate surface area is 137 Å². The molecule has 0 bridgehead atoms. The number of ketones is 1. The van der Waals surface area contributed by atoms with Crippen LogP contribution in [0.2, 0.25) is 0 Å². The van der Waals surface area contributed by atoms with Crippen LogP contribution < -0.4 is 0 Å². The van der Waals surface area contributed by atoms with Gasteiger partial charge >= 0.3 is 5.97 Å². The monoisotopic (exact) mass is 332 g/mol. The molecule has 1 aliphatic carbocycles. The van der Waals surface area contributed by atoms with Gasteiger partial charge in [-0.1, -0.05) is 12.1 Å². The maximum absolute atomic E-state index is 12.6.